The van der Waals surface area contributed by atoms with E-state index in [0.29, 0.717) is 6.42 Å². The minimum absolute atomic E-state index is 0. The first-order valence-corrected chi connectivity index (χ1v) is 14.3. The molecule has 0 aliphatic heterocycles. The molecule has 0 aliphatic rings. The molecular weight excluding hydrogens is 574 g/mol. The van der Waals surface area contributed by atoms with Crippen LogP contribution in [0.25, 0.3) is 0 Å². The summed E-state index contributed by atoms with van der Waals surface area (Å²) in [6.45, 7) is 2.10. The normalized spacial score (nSPS) is 11.8. The molecule has 0 bridgehead atoms. The molecule has 0 aromatic carbocycles. The molecule has 0 fully saturated rings. The smallest absolute Gasteiger partial charge is 1.00 e. The number of carboxylic acids is 3. The van der Waals surface area contributed by atoms with Crippen LogP contribution in [0.4, 0.5) is 0 Å². The van der Waals surface area contributed by atoms with Crippen molar-refractivity contribution in [3.63, 3.8) is 0 Å². The molecule has 16 heteroatoms. The van der Waals surface area contributed by atoms with Crippen LogP contribution in [0.15, 0.2) is 0 Å². The molecule has 1 unspecified atom stereocenters. The van der Waals surface area contributed by atoms with Crippen LogP contribution < -0.4 is 59.1 Å². The number of esters is 2. The molecule has 0 aromatic heterocycles. The van der Waals surface area contributed by atoms with Gasteiger partial charge in [-0.25, -0.2) is 4.79 Å². The van der Waals surface area contributed by atoms with Gasteiger partial charge in [-0.3, -0.25) is 23.7 Å². The third-order valence-electron chi connectivity index (χ3n) is 5.79. The summed E-state index contributed by atoms with van der Waals surface area (Å²) in [5.41, 5.74) is -3.17. The molecule has 0 rings (SSSR count). The minimum Gasteiger partial charge on any atom is -1.00 e. The summed E-state index contributed by atoms with van der Waals surface area (Å²) >= 11 is 0. The first kappa shape index (κ1) is 43.7. The van der Waals surface area contributed by atoms with Gasteiger partial charge in [0.1, 0.15) is 0 Å². The largest absolute Gasteiger partial charge is 1.00 e. The van der Waals surface area contributed by atoms with Crippen molar-refractivity contribution in [2.24, 2.45) is 0 Å². The Balaban J connectivity index is -0.00000114. The molecule has 224 valence electrons. The van der Waals surface area contributed by atoms with Gasteiger partial charge >= 0.3 is 89.0 Å². The zero-order valence-corrected chi connectivity index (χ0v) is 28.6. The van der Waals surface area contributed by atoms with Gasteiger partial charge in [-0.05, 0) is 6.42 Å². The van der Waals surface area contributed by atoms with Crippen LogP contribution in [0.5, 0.6) is 0 Å². The standard InChI is InChI=1S/C24H40O13S.2Na.2H/c1-2-3-4-5-6-7-8-9-10-11-12-13-14-36-21(29)15-18(38(33,34)35)22(30)37-24(23(31)32,16-19(25)26)17-20(27)28;;;;/h18H,2-17H2,1H3,(H,25,26)(H,27,28)(H,31,32)(H,33,34,35);;;;/q;2*+1;2*-1. The van der Waals surface area contributed by atoms with Crippen LogP contribution >= 0.6 is 0 Å². The summed E-state index contributed by atoms with van der Waals surface area (Å²) in [5.74, 6) is -9.08. The number of ether oxygens (including phenoxy) is 2. The third kappa shape index (κ3) is 20.2. The predicted molar refractivity (Wildman–Crippen MR) is 135 cm³/mol. The number of aliphatic carboxylic acids is 3. The fourth-order valence-electron chi connectivity index (χ4n) is 3.73. The molecule has 0 saturated heterocycles. The quantitative estimate of drug-likeness (QED) is 0.0402. The van der Waals surface area contributed by atoms with E-state index in [4.69, 9.17) is 14.9 Å². The molecule has 0 spiro atoms. The van der Waals surface area contributed by atoms with E-state index < -0.39 is 70.1 Å². The first-order valence-electron chi connectivity index (χ1n) is 12.8. The predicted octanol–water partition coefficient (Wildman–Crippen LogP) is -2.57. The van der Waals surface area contributed by atoms with Crippen LogP contribution in [0.2, 0.25) is 0 Å². The molecular formula is C24H42Na2O13S. The SMILES string of the molecule is CCCCCCCCCCCCCCOC(=O)CC(C(=O)OC(CC(=O)O)(CC(=O)O)C(=O)O)S(=O)(=O)O.[H-].[H-].[Na+].[Na+]. The fraction of sp³-hybridized carbons (Fsp3) is 0.792. The molecule has 0 aromatic rings. The van der Waals surface area contributed by atoms with Gasteiger partial charge < -0.3 is 27.6 Å². The van der Waals surface area contributed by atoms with Crippen molar-refractivity contribution in [2.45, 2.75) is 114 Å². The number of carbonyl (C=O) groups is 5. The summed E-state index contributed by atoms with van der Waals surface area (Å²) in [4.78, 5) is 58.1. The topological polar surface area (TPSA) is 219 Å². The van der Waals surface area contributed by atoms with Crippen molar-refractivity contribution in [1.29, 1.82) is 0 Å². The van der Waals surface area contributed by atoms with E-state index in [1.807, 2.05) is 0 Å². The molecule has 0 saturated carbocycles. The minimum atomic E-state index is -5.33. The Morgan fingerprint density at radius 2 is 1.15 bits per heavy atom. The van der Waals surface area contributed by atoms with E-state index in [1.165, 1.54) is 38.5 Å². The van der Waals surface area contributed by atoms with Crippen molar-refractivity contribution in [1.82, 2.24) is 0 Å². The van der Waals surface area contributed by atoms with E-state index >= 15 is 0 Å². The molecule has 0 amide bonds. The number of carboxylic acid groups (broad SMARTS) is 3. The number of unbranched alkanes of at least 4 members (excludes halogenated alkanes) is 11. The summed E-state index contributed by atoms with van der Waals surface area (Å²) in [5, 5.41) is 24.5. The maximum Gasteiger partial charge on any atom is 1.00 e. The van der Waals surface area contributed by atoms with Gasteiger partial charge in [0.25, 0.3) is 10.1 Å². The van der Waals surface area contributed by atoms with Gasteiger partial charge in [0.2, 0.25) is 5.60 Å². The van der Waals surface area contributed by atoms with Crippen LogP contribution in [0.3, 0.4) is 0 Å². The van der Waals surface area contributed by atoms with Gasteiger partial charge in [0.15, 0.2) is 5.25 Å². The maximum atomic E-state index is 12.4. The Morgan fingerprint density at radius 1 is 0.750 bits per heavy atom. The van der Waals surface area contributed by atoms with Crippen molar-refractivity contribution in [3.05, 3.63) is 0 Å². The summed E-state index contributed by atoms with van der Waals surface area (Å²) in [6, 6.07) is 0. The van der Waals surface area contributed by atoms with Crippen LogP contribution in [-0.2, 0) is 43.6 Å². The molecule has 1 atom stereocenters. The van der Waals surface area contributed by atoms with E-state index in [-0.39, 0.29) is 68.6 Å². The van der Waals surface area contributed by atoms with Gasteiger partial charge in [-0.2, -0.15) is 8.42 Å². The van der Waals surface area contributed by atoms with Crippen LogP contribution in [0, 0.1) is 0 Å². The van der Waals surface area contributed by atoms with Crippen molar-refractivity contribution < 1.29 is 124 Å². The Bertz CT molecular complexity index is 889. The van der Waals surface area contributed by atoms with Gasteiger partial charge in [-0.1, -0.05) is 77.6 Å². The van der Waals surface area contributed by atoms with Gasteiger partial charge in [0.05, 0.1) is 25.9 Å². The average molecular weight is 617 g/mol. The number of hydrogen-bond acceptors (Lipinski definition) is 9. The third-order valence-corrected chi connectivity index (χ3v) is 6.87. The Morgan fingerprint density at radius 3 is 1.50 bits per heavy atom. The zero-order chi connectivity index (χ0) is 29.2. The van der Waals surface area contributed by atoms with Crippen LogP contribution in [0.1, 0.15) is 106 Å². The zero-order valence-electron chi connectivity index (χ0n) is 25.8. The second kappa shape index (κ2) is 23.8. The van der Waals surface area contributed by atoms with E-state index in [2.05, 4.69) is 11.7 Å². The Kier molecular flexibility index (Phi) is 26.0. The average Bonchev–Trinajstić information content (AvgIpc) is 2.78. The van der Waals surface area contributed by atoms with Crippen LogP contribution in [-0.4, -0.2) is 75.6 Å². The second-order valence-electron chi connectivity index (χ2n) is 9.18. The van der Waals surface area contributed by atoms with Crippen molar-refractivity contribution in [2.75, 3.05) is 6.61 Å². The first-order chi connectivity index (χ1) is 17.7. The summed E-state index contributed by atoms with van der Waals surface area (Å²) in [6.07, 6.45) is 8.65. The second-order valence-corrected chi connectivity index (χ2v) is 10.8. The molecule has 40 heavy (non-hydrogen) atoms. The molecule has 0 radical (unpaired) electrons. The Hall–Kier alpha value is -0.740. The Labute approximate surface area is 282 Å². The van der Waals surface area contributed by atoms with E-state index in [0.717, 1.165) is 32.1 Å². The van der Waals surface area contributed by atoms with E-state index in [1.54, 1.807) is 0 Å². The maximum absolute atomic E-state index is 12.4. The van der Waals surface area contributed by atoms with Gasteiger partial charge in [0, 0.05) is 0 Å². The van der Waals surface area contributed by atoms with E-state index in [9.17, 15) is 42.0 Å². The molecule has 0 heterocycles. The summed E-state index contributed by atoms with van der Waals surface area (Å²) < 4.78 is 42.1. The molecule has 0 aliphatic carbocycles. The van der Waals surface area contributed by atoms with Crippen molar-refractivity contribution >= 4 is 40.0 Å². The van der Waals surface area contributed by atoms with Gasteiger partial charge in [-0.15, -0.1) is 0 Å². The number of carbonyl (C=O) groups excluding carboxylic acids is 2. The molecule has 13 nitrogen and oxygen atoms in total. The molecule has 4 N–H and O–H groups in total. The summed E-state index contributed by atoms with van der Waals surface area (Å²) in [7, 11) is -5.33. The monoisotopic (exact) mass is 616 g/mol. The number of hydrogen-bond donors (Lipinski definition) is 4. The van der Waals surface area contributed by atoms with Crippen molar-refractivity contribution in [3.8, 4) is 0 Å². The number of rotatable bonds is 23. The fourth-order valence-corrected chi connectivity index (χ4v) is 4.36.